The van der Waals surface area contributed by atoms with Crippen LogP contribution in [0.15, 0.2) is 132 Å². The molecule has 0 radical (unpaired) electrons. The molecule has 7 rings (SSSR count). The fourth-order valence-electron chi connectivity index (χ4n) is 8.23. The molecule has 0 saturated carbocycles. The molecule has 4 atom stereocenters. The molecular weight excluding hydrogens is 803 g/mol. The molecule has 1 aliphatic rings. The Hall–Kier alpha value is -5.77. The Kier molecular flexibility index (Phi) is 13.6. The molecule has 2 unspecified atom stereocenters. The van der Waals surface area contributed by atoms with Gasteiger partial charge in [0.2, 0.25) is 11.9 Å². The number of nitrogens with one attached hydrogen (secondary N) is 2. The second kappa shape index (κ2) is 19.1. The van der Waals surface area contributed by atoms with Crippen molar-refractivity contribution in [3.05, 3.63) is 149 Å². The predicted octanol–water partition coefficient (Wildman–Crippen LogP) is 6.68. The van der Waals surface area contributed by atoms with Crippen LogP contribution in [0.4, 0.5) is 5.95 Å². The van der Waals surface area contributed by atoms with Crippen LogP contribution in [0.25, 0.3) is 11.2 Å². The number of carbonyl (C=O) groups excluding carboxylic acids is 2. The van der Waals surface area contributed by atoms with Gasteiger partial charge < -0.3 is 23.4 Å². The maximum Gasteiger partial charge on any atom is 0.303 e. The van der Waals surface area contributed by atoms with E-state index < -0.39 is 43.9 Å². The summed E-state index contributed by atoms with van der Waals surface area (Å²) in [4.78, 5) is 51.0. The molecule has 14 heteroatoms. The molecule has 6 aromatic rings. The molecule has 0 aliphatic carbocycles. The average molecular weight is 858 g/mol. The first-order valence-corrected chi connectivity index (χ1v) is 22.9. The molecule has 2 N–H and O–H groups in total. The smallest absolute Gasteiger partial charge is 0.303 e. The van der Waals surface area contributed by atoms with E-state index in [9.17, 15) is 14.4 Å². The van der Waals surface area contributed by atoms with Crippen molar-refractivity contribution in [2.24, 2.45) is 5.92 Å². The normalized spacial score (nSPS) is 19.2. The minimum Gasteiger partial charge on any atom is -0.455 e. The van der Waals surface area contributed by atoms with Gasteiger partial charge >= 0.3 is 5.97 Å². The largest absolute Gasteiger partial charge is 0.455 e. The Bertz CT molecular complexity index is 2440. The van der Waals surface area contributed by atoms with E-state index in [-0.39, 0.29) is 66.8 Å². The number of esters is 1. The molecule has 1 aliphatic heterocycles. The van der Waals surface area contributed by atoms with Gasteiger partial charge in [-0.25, -0.2) is 4.98 Å². The number of H-pyrrole nitrogens is 1. The van der Waals surface area contributed by atoms with E-state index in [0.29, 0.717) is 0 Å². The zero-order chi connectivity index (χ0) is 43.9. The van der Waals surface area contributed by atoms with Crippen molar-refractivity contribution in [2.45, 2.75) is 90.3 Å². The van der Waals surface area contributed by atoms with Crippen LogP contribution in [0.2, 0.25) is 5.04 Å². The molecule has 3 heterocycles. The summed E-state index contributed by atoms with van der Waals surface area (Å²) in [6.07, 6.45) is -1.46. The first-order chi connectivity index (χ1) is 29.8. The Labute approximate surface area is 362 Å². The number of aromatic nitrogens is 4. The van der Waals surface area contributed by atoms with Crippen LogP contribution in [0.5, 0.6) is 0 Å². The number of imidazole rings is 1. The van der Waals surface area contributed by atoms with Crippen LogP contribution in [0, 0.1) is 5.92 Å². The second-order valence-corrected chi connectivity index (χ2v) is 21.3. The van der Waals surface area contributed by atoms with Gasteiger partial charge in [-0.15, -0.1) is 0 Å². The molecular formula is C48H55N5O8Si. The van der Waals surface area contributed by atoms with Crippen molar-refractivity contribution in [1.82, 2.24) is 19.5 Å². The molecule has 0 spiro atoms. The van der Waals surface area contributed by atoms with E-state index >= 15 is 0 Å². The van der Waals surface area contributed by atoms with Crippen LogP contribution in [0.1, 0.15) is 65.3 Å². The van der Waals surface area contributed by atoms with E-state index in [0.717, 1.165) is 21.5 Å². The van der Waals surface area contributed by atoms with Crippen molar-refractivity contribution in [1.29, 1.82) is 0 Å². The summed E-state index contributed by atoms with van der Waals surface area (Å²) in [5.74, 6) is -1.34. The Morgan fingerprint density at radius 1 is 0.871 bits per heavy atom. The lowest BCUT2D eigenvalue weighted by Gasteiger charge is -2.44. The number of ether oxygens (including phenoxy) is 4. The molecule has 1 amide bonds. The predicted molar refractivity (Wildman–Crippen MR) is 239 cm³/mol. The van der Waals surface area contributed by atoms with Gasteiger partial charge in [-0.3, -0.25) is 29.3 Å². The van der Waals surface area contributed by atoms with Gasteiger partial charge in [-0.1, -0.05) is 156 Å². The number of amides is 1. The lowest BCUT2D eigenvalue weighted by atomic mass is 9.92. The van der Waals surface area contributed by atoms with Crippen LogP contribution in [-0.2, 0) is 46.2 Å². The third-order valence-electron chi connectivity index (χ3n) is 11.2. The lowest BCUT2D eigenvalue weighted by molar-refractivity contribution is -0.164. The minimum absolute atomic E-state index is 0.00678. The lowest BCUT2D eigenvalue weighted by Crippen LogP contribution is -2.67. The van der Waals surface area contributed by atoms with Crippen LogP contribution in [0.3, 0.4) is 0 Å². The van der Waals surface area contributed by atoms with Gasteiger partial charge in [0.15, 0.2) is 23.5 Å². The molecule has 62 heavy (non-hydrogen) atoms. The Morgan fingerprint density at radius 3 is 1.98 bits per heavy atom. The van der Waals surface area contributed by atoms with Gasteiger partial charge in [0, 0.05) is 25.9 Å². The summed E-state index contributed by atoms with van der Waals surface area (Å²) >= 11 is 0. The number of nitrogens with zero attached hydrogens (tertiary/aromatic N) is 3. The zero-order valence-electron chi connectivity index (χ0n) is 36.1. The van der Waals surface area contributed by atoms with Gasteiger partial charge in [-0.05, 0) is 26.5 Å². The van der Waals surface area contributed by atoms with Crippen molar-refractivity contribution < 1.29 is 33.0 Å². The standard InChI is InChI=1S/C48H55N5O8Si/c1-33(2)43(55)51-46-50-42-39(44(56)52-46)49-32-53(42)45-40(60-34(3)54)41(58-30-36-21-13-8-14-22-36)48(61-45,31-57-29-35-19-11-7-12-20-35)27-28-59-62(47(4,5)6,37-23-15-9-16-24-37)38-25-17-10-18-26-38/h7-26,32-33,40-41,45H,27-31H2,1-6H3,(H2,50,51,52,55,56)/t40?,41?,45-,48-/m1/s1. The number of hydrogen-bond acceptors (Lipinski definition) is 10. The van der Waals surface area contributed by atoms with E-state index in [4.69, 9.17) is 23.4 Å². The van der Waals surface area contributed by atoms with Crippen molar-refractivity contribution in [3.63, 3.8) is 0 Å². The number of anilines is 1. The highest BCUT2D eigenvalue weighted by Crippen LogP contribution is 2.45. The van der Waals surface area contributed by atoms with Crippen LogP contribution in [-0.4, -0.2) is 70.7 Å². The molecule has 13 nitrogen and oxygen atoms in total. The van der Waals surface area contributed by atoms with Gasteiger partial charge in [-0.2, -0.15) is 4.98 Å². The van der Waals surface area contributed by atoms with Crippen molar-refractivity contribution >= 4 is 47.7 Å². The van der Waals surface area contributed by atoms with Crippen molar-refractivity contribution in [3.8, 4) is 0 Å². The van der Waals surface area contributed by atoms with E-state index in [1.165, 1.54) is 13.3 Å². The molecule has 1 saturated heterocycles. The number of benzene rings is 4. The monoisotopic (exact) mass is 857 g/mol. The Balaban J connectivity index is 1.35. The van der Waals surface area contributed by atoms with Crippen molar-refractivity contribution in [2.75, 3.05) is 18.5 Å². The van der Waals surface area contributed by atoms with E-state index in [1.807, 2.05) is 97.1 Å². The molecule has 1 fully saturated rings. The molecule has 324 valence electrons. The first-order valence-electron chi connectivity index (χ1n) is 21.0. The highest BCUT2D eigenvalue weighted by atomic mass is 28.4. The maximum absolute atomic E-state index is 13.4. The highest BCUT2D eigenvalue weighted by molar-refractivity contribution is 6.99. The summed E-state index contributed by atoms with van der Waals surface area (Å²) in [7, 11) is -3.04. The van der Waals surface area contributed by atoms with E-state index in [1.54, 1.807) is 18.4 Å². The fourth-order valence-corrected chi connectivity index (χ4v) is 12.8. The number of carbonyl (C=O) groups is 2. The van der Waals surface area contributed by atoms with Crippen LogP contribution < -0.4 is 21.2 Å². The first kappa shape index (κ1) is 44.3. The number of fused-ring (bicyclic) bond motifs is 1. The third-order valence-corrected chi connectivity index (χ3v) is 16.3. The number of aromatic amines is 1. The second-order valence-electron chi connectivity index (χ2n) is 17.0. The summed E-state index contributed by atoms with van der Waals surface area (Å²) < 4.78 is 36.0. The summed E-state index contributed by atoms with van der Waals surface area (Å²) in [5.41, 5.74) is 0.0919. The number of hydrogen-bond donors (Lipinski definition) is 2. The maximum atomic E-state index is 13.4. The van der Waals surface area contributed by atoms with E-state index in [2.05, 4.69) is 65.3 Å². The minimum atomic E-state index is -3.04. The summed E-state index contributed by atoms with van der Waals surface area (Å²) in [6, 6.07) is 40.3. The quantitative estimate of drug-likeness (QED) is 0.0750. The third kappa shape index (κ3) is 9.49. The number of rotatable bonds is 17. The topological polar surface area (TPSA) is 156 Å². The van der Waals surface area contributed by atoms with Crippen LogP contribution >= 0.6 is 0 Å². The highest BCUT2D eigenvalue weighted by Gasteiger charge is 2.59. The fraction of sp³-hybridized carbons (Fsp3) is 0.354. The SMILES string of the molecule is CC(=O)OC1C(OCc2ccccc2)[C@@](CCO[Si](c2ccccc2)(c2ccccc2)C(C)(C)C)(COCc2ccccc2)O[C@H]1n1cnc2c(=O)[nH]c(NC(=O)C(C)C)nc21. The van der Waals surface area contributed by atoms with Gasteiger partial charge in [0.05, 0.1) is 26.1 Å². The van der Waals surface area contributed by atoms with Gasteiger partial charge in [0.1, 0.15) is 11.7 Å². The molecule has 2 aromatic heterocycles. The average Bonchev–Trinajstić information content (AvgIpc) is 3.81. The Morgan fingerprint density at radius 2 is 1.44 bits per heavy atom. The summed E-state index contributed by atoms with van der Waals surface area (Å²) in [6.45, 7) is 12.1. The van der Waals surface area contributed by atoms with Gasteiger partial charge in [0.25, 0.3) is 13.9 Å². The summed E-state index contributed by atoms with van der Waals surface area (Å²) in [5, 5.41) is 4.61. The molecule has 4 aromatic carbocycles. The zero-order valence-corrected chi connectivity index (χ0v) is 37.1. The molecule has 0 bridgehead atoms.